The van der Waals surface area contributed by atoms with Crippen molar-refractivity contribution in [1.29, 1.82) is 0 Å². The fourth-order valence-electron chi connectivity index (χ4n) is 2.74. The summed E-state index contributed by atoms with van der Waals surface area (Å²) in [6, 6.07) is 7.59. The van der Waals surface area contributed by atoms with Gasteiger partial charge in [0.05, 0.1) is 6.20 Å². The fourth-order valence-corrected chi connectivity index (χ4v) is 2.74. The zero-order valence-electron chi connectivity index (χ0n) is 13.2. The Morgan fingerprint density at radius 2 is 2.35 bits per heavy atom. The minimum atomic E-state index is 0. The third-order valence-corrected chi connectivity index (χ3v) is 3.96. The molecule has 6 heteroatoms. The Morgan fingerprint density at radius 1 is 1.48 bits per heavy atom. The number of aryl methyl sites for hydroxylation is 1. The van der Waals surface area contributed by atoms with Crippen molar-refractivity contribution < 1.29 is 9.21 Å². The second-order valence-electron chi connectivity index (χ2n) is 5.80. The first kappa shape index (κ1) is 17.5. The maximum atomic E-state index is 12.1. The van der Waals surface area contributed by atoms with Crippen LogP contribution in [0.1, 0.15) is 25.0 Å². The molecular formula is C17H22ClN3O2. The number of nitrogens with zero attached hydrogens (tertiary/aromatic N) is 1. The molecule has 0 radical (unpaired) electrons. The number of nitrogens with one attached hydrogen (secondary N) is 2. The largest absolute Gasteiger partial charge is 0.441 e. The second kappa shape index (κ2) is 8.13. The molecule has 2 aromatic rings. The minimum Gasteiger partial charge on any atom is -0.441 e. The van der Waals surface area contributed by atoms with Crippen molar-refractivity contribution in [1.82, 2.24) is 10.3 Å². The molecule has 1 aliphatic heterocycles. The molecule has 0 saturated carbocycles. The standard InChI is InChI=1S/C17H21N3O2.ClH/c1-12-10-19-17(22-12)14-3-2-4-15(9-14)20-16(21)6-5-13-7-8-18-11-13;/h2-4,9-10,13,18H,5-8,11H2,1H3,(H,20,21);1H. The number of rotatable bonds is 5. The van der Waals surface area contributed by atoms with E-state index in [4.69, 9.17) is 4.42 Å². The summed E-state index contributed by atoms with van der Waals surface area (Å²) in [7, 11) is 0. The summed E-state index contributed by atoms with van der Waals surface area (Å²) >= 11 is 0. The third-order valence-electron chi connectivity index (χ3n) is 3.96. The zero-order chi connectivity index (χ0) is 15.4. The number of hydrogen-bond donors (Lipinski definition) is 2. The Kier molecular flexibility index (Phi) is 6.19. The highest BCUT2D eigenvalue weighted by Gasteiger charge is 2.15. The van der Waals surface area contributed by atoms with Crippen LogP contribution in [0.3, 0.4) is 0 Å². The van der Waals surface area contributed by atoms with E-state index in [-0.39, 0.29) is 18.3 Å². The maximum Gasteiger partial charge on any atom is 0.226 e. The molecule has 23 heavy (non-hydrogen) atoms. The Hall–Kier alpha value is -1.85. The van der Waals surface area contributed by atoms with Crippen molar-refractivity contribution in [3.8, 4) is 11.5 Å². The van der Waals surface area contributed by atoms with Crippen LogP contribution in [-0.2, 0) is 4.79 Å². The Bertz CT molecular complexity index is 651. The van der Waals surface area contributed by atoms with Gasteiger partial charge >= 0.3 is 0 Å². The van der Waals surface area contributed by atoms with E-state index in [9.17, 15) is 4.79 Å². The second-order valence-corrected chi connectivity index (χ2v) is 5.80. The predicted octanol–water partition coefficient (Wildman–Crippen LogP) is 3.40. The molecule has 124 valence electrons. The van der Waals surface area contributed by atoms with Crippen LogP contribution in [0.15, 0.2) is 34.9 Å². The Morgan fingerprint density at radius 3 is 3.04 bits per heavy atom. The zero-order valence-corrected chi connectivity index (χ0v) is 14.0. The number of benzene rings is 1. The molecular weight excluding hydrogens is 314 g/mol. The fraction of sp³-hybridized carbons (Fsp3) is 0.412. The van der Waals surface area contributed by atoms with Crippen LogP contribution >= 0.6 is 12.4 Å². The Labute approximate surface area is 142 Å². The summed E-state index contributed by atoms with van der Waals surface area (Å²) in [5.74, 6) is 2.04. The van der Waals surface area contributed by atoms with Gasteiger partial charge in [0.2, 0.25) is 11.8 Å². The van der Waals surface area contributed by atoms with Gasteiger partial charge in [-0.2, -0.15) is 0 Å². The number of halogens is 1. The van der Waals surface area contributed by atoms with E-state index >= 15 is 0 Å². The molecule has 1 amide bonds. The van der Waals surface area contributed by atoms with E-state index in [0.717, 1.165) is 36.5 Å². The number of carbonyl (C=O) groups is 1. The highest BCUT2D eigenvalue weighted by atomic mass is 35.5. The summed E-state index contributed by atoms with van der Waals surface area (Å²) < 4.78 is 5.51. The number of hydrogen-bond acceptors (Lipinski definition) is 4. The summed E-state index contributed by atoms with van der Waals surface area (Å²) in [5.41, 5.74) is 1.65. The van der Waals surface area contributed by atoms with Crippen molar-refractivity contribution in [2.24, 2.45) is 5.92 Å². The number of oxazole rings is 1. The van der Waals surface area contributed by atoms with E-state index < -0.39 is 0 Å². The van der Waals surface area contributed by atoms with Gasteiger partial charge in [0, 0.05) is 17.7 Å². The first-order valence-electron chi connectivity index (χ1n) is 7.74. The van der Waals surface area contributed by atoms with Gasteiger partial charge in [0.1, 0.15) is 5.76 Å². The molecule has 2 heterocycles. The SMILES string of the molecule is Cc1cnc(-c2cccc(NC(=O)CCC3CCNC3)c2)o1.Cl. The van der Waals surface area contributed by atoms with Crippen LogP contribution < -0.4 is 10.6 Å². The van der Waals surface area contributed by atoms with Gasteiger partial charge in [-0.3, -0.25) is 4.79 Å². The van der Waals surface area contributed by atoms with Crippen LogP contribution in [0.5, 0.6) is 0 Å². The van der Waals surface area contributed by atoms with Gasteiger partial charge in [-0.05, 0) is 57.0 Å². The quantitative estimate of drug-likeness (QED) is 0.878. The smallest absolute Gasteiger partial charge is 0.226 e. The highest BCUT2D eigenvalue weighted by molar-refractivity contribution is 5.91. The van der Waals surface area contributed by atoms with Gasteiger partial charge in [-0.25, -0.2) is 4.98 Å². The highest BCUT2D eigenvalue weighted by Crippen LogP contribution is 2.22. The van der Waals surface area contributed by atoms with Crippen LogP contribution in [0.4, 0.5) is 5.69 Å². The van der Waals surface area contributed by atoms with Crippen molar-refractivity contribution in [2.75, 3.05) is 18.4 Å². The van der Waals surface area contributed by atoms with Crippen LogP contribution in [0, 0.1) is 12.8 Å². The summed E-state index contributed by atoms with van der Waals surface area (Å²) in [6.45, 7) is 3.97. The summed E-state index contributed by atoms with van der Waals surface area (Å²) in [4.78, 5) is 16.3. The van der Waals surface area contributed by atoms with Crippen molar-refractivity contribution in [3.63, 3.8) is 0 Å². The number of carbonyl (C=O) groups excluding carboxylic acids is 1. The van der Waals surface area contributed by atoms with E-state index in [1.165, 1.54) is 6.42 Å². The molecule has 1 aliphatic rings. The molecule has 1 saturated heterocycles. The van der Waals surface area contributed by atoms with Gasteiger partial charge in [0.15, 0.2) is 0 Å². The lowest BCUT2D eigenvalue weighted by atomic mass is 10.0. The number of aromatic nitrogens is 1. The molecule has 1 unspecified atom stereocenters. The molecule has 3 rings (SSSR count). The monoisotopic (exact) mass is 335 g/mol. The van der Waals surface area contributed by atoms with Crippen LogP contribution in [0.25, 0.3) is 11.5 Å². The molecule has 1 aromatic carbocycles. The lowest BCUT2D eigenvalue weighted by Crippen LogP contribution is -2.15. The minimum absolute atomic E-state index is 0. The lowest BCUT2D eigenvalue weighted by molar-refractivity contribution is -0.116. The van der Waals surface area contributed by atoms with Crippen molar-refractivity contribution >= 4 is 24.0 Å². The lowest BCUT2D eigenvalue weighted by Gasteiger charge is -2.09. The summed E-state index contributed by atoms with van der Waals surface area (Å²) in [5, 5.41) is 6.28. The predicted molar refractivity (Wildman–Crippen MR) is 92.8 cm³/mol. The van der Waals surface area contributed by atoms with Gasteiger partial charge in [-0.15, -0.1) is 12.4 Å². The first-order chi connectivity index (χ1) is 10.7. The molecule has 0 spiro atoms. The Balaban J connectivity index is 0.00000192. The van der Waals surface area contributed by atoms with Gasteiger partial charge in [0.25, 0.3) is 0 Å². The van der Waals surface area contributed by atoms with E-state index in [1.807, 2.05) is 31.2 Å². The molecule has 1 atom stereocenters. The van der Waals surface area contributed by atoms with Crippen molar-refractivity contribution in [3.05, 3.63) is 36.2 Å². The van der Waals surface area contributed by atoms with Crippen LogP contribution in [-0.4, -0.2) is 24.0 Å². The topological polar surface area (TPSA) is 67.2 Å². The van der Waals surface area contributed by atoms with E-state index in [2.05, 4.69) is 15.6 Å². The van der Waals surface area contributed by atoms with Crippen LogP contribution in [0.2, 0.25) is 0 Å². The number of amides is 1. The van der Waals surface area contributed by atoms with E-state index in [1.54, 1.807) is 6.20 Å². The third kappa shape index (κ3) is 4.81. The maximum absolute atomic E-state index is 12.1. The van der Waals surface area contributed by atoms with Gasteiger partial charge < -0.3 is 15.1 Å². The van der Waals surface area contributed by atoms with Gasteiger partial charge in [-0.1, -0.05) is 6.07 Å². The van der Waals surface area contributed by atoms with E-state index in [0.29, 0.717) is 18.2 Å². The molecule has 1 aromatic heterocycles. The molecule has 5 nitrogen and oxygen atoms in total. The normalized spacial score (nSPS) is 16.8. The summed E-state index contributed by atoms with van der Waals surface area (Å²) in [6.07, 6.45) is 4.37. The average Bonchev–Trinajstić information content (AvgIpc) is 3.17. The van der Waals surface area contributed by atoms with Crippen molar-refractivity contribution in [2.45, 2.75) is 26.2 Å². The molecule has 0 bridgehead atoms. The molecule has 2 N–H and O–H groups in total. The molecule has 0 aliphatic carbocycles. The first-order valence-corrected chi connectivity index (χ1v) is 7.74. The molecule has 1 fully saturated rings. The average molecular weight is 336 g/mol. The number of anilines is 1.